The number of amides is 1. The van der Waals surface area contributed by atoms with Crippen LogP contribution in [-0.4, -0.2) is 29.6 Å². The molecule has 0 radical (unpaired) electrons. The fraction of sp³-hybridized carbons (Fsp3) is 0.250. The molecule has 1 N–H and O–H groups in total. The summed E-state index contributed by atoms with van der Waals surface area (Å²) >= 11 is 0. The van der Waals surface area contributed by atoms with Gasteiger partial charge in [-0.05, 0) is 37.6 Å². The third-order valence-electron chi connectivity index (χ3n) is 4.09. The number of methoxy groups -OCH3 is 1. The lowest BCUT2D eigenvalue weighted by Gasteiger charge is -2.15. The minimum absolute atomic E-state index is 0.259. The normalized spacial score (nSPS) is 10.6. The highest BCUT2D eigenvalue weighted by Crippen LogP contribution is 2.30. The average Bonchev–Trinajstić information content (AvgIpc) is 2.64. The zero-order valence-electron chi connectivity index (χ0n) is 15.3. The maximum Gasteiger partial charge on any atom is 0.316 e. The molecule has 0 aliphatic rings. The molecular weight excluding hydrogens is 330 g/mol. The average molecular weight is 351 g/mol. The third kappa shape index (κ3) is 3.31. The van der Waals surface area contributed by atoms with Gasteiger partial charge in [0.15, 0.2) is 0 Å². The number of carbonyl (C=O) groups is 1. The lowest BCUT2D eigenvalue weighted by molar-refractivity contribution is 0.102. The van der Waals surface area contributed by atoms with Gasteiger partial charge in [0.1, 0.15) is 5.75 Å². The molecule has 0 saturated carbocycles. The number of hydrogen-bond acceptors (Lipinski definition) is 5. The maximum absolute atomic E-state index is 13.1. The van der Waals surface area contributed by atoms with Gasteiger partial charge in [-0.25, -0.2) is 0 Å². The summed E-state index contributed by atoms with van der Waals surface area (Å²) in [7, 11) is 1.51. The summed E-state index contributed by atoms with van der Waals surface area (Å²) in [6.45, 7) is 5.98. The maximum atomic E-state index is 13.1. The summed E-state index contributed by atoms with van der Waals surface area (Å²) in [5.41, 5.74) is 2.35. The molecule has 3 aromatic rings. The molecule has 0 bridgehead atoms. The van der Waals surface area contributed by atoms with Crippen molar-refractivity contribution in [1.82, 2.24) is 9.97 Å². The molecule has 134 valence electrons. The predicted octanol–water partition coefficient (Wildman–Crippen LogP) is 3.91. The van der Waals surface area contributed by atoms with E-state index in [1.807, 2.05) is 43.3 Å². The molecule has 0 aliphatic heterocycles. The summed E-state index contributed by atoms with van der Waals surface area (Å²) in [5, 5.41) is 4.74. The highest BCUT2D eigenvalue weighted by Gasteiger charge is 2.19. The predicted molar refractivity (Wildman–Crippen MR) is 101 cm³/mol. The molecule has 1 aromatic heterocycles. The summed E-state index contributed by atoms with van der Waals surface area (Å²) in [4.78, 5) is 21.6. The highest BCUT2D eigenvalue weighted by atomic mass is 16.5. The number of aryl methyl sites for hydroxylation is 2. The second-order valence-corrected chi connectivity index (χ2v) is 5.80. The highest BCUT2D eigenvalue weighted by molar-refractivity contribution is 6.15. The summed E-state index contributed by atoms with van der Waals surface area (Å²) < 4.78 is 10.8. The van der Waals surface area contributed by atoms with Crippen LogP contribution in [0.4, 0.5) is 5.69 Å². The summed E-state index contributed by atoms with van der Waals surface area (Å²) in [6.07, 6.45) is 0. The fourth-order valence-electron chi connectivity index (χ4n) is 2.90. The van der Waals surface area contributed by atoms with Crippen molar-refractivity contribution in [2.75, 3.05) is 19.0 Å². The van der Waals surface area contributed by atoms with Gasteiger partial charge in [0.25, 0.3) is 5.91 Å². The van der Waals surface area contributed by atoms with Gasteiger partial charge in [-0.3, -0.25) is 4.79 Å². The number of nitrogens with zero attached hydrogens (tertiary/aromatic N) is 2. The molecule has 0 saturated heterocycles. The molecular formula is C20H21N3O3. The number of carbonyl (C=O) groups excluding carboxylic acids is 1. The smallest absolute Gasteiger partial charge is 0.316 e. The molecule has 3 rings (SSSR count). The van der Waals surface area contributed by atoms with Gasteiger partial charge in [0.2, 0.25) is 0 Å². The van der Waals surface area contributed by atoms with E-state index >= 15 is 0 Å². The van der Waals surface area contributed by atoms with Gasteiger partial charge >= 0.3 is 6.01 Å². The minimum atomic E-state index is -0.259. The largest absolute Gasteiger partial charge is 0.493 e. The Labute approximate surface area is 152 Å². The first-order valence-electron chi connectivity index (χ1n) is 8.40. The van der Waals surface area contributed by atoms with Gasteiger partial charge in [0.05, 0.1) is 36.4 Å². The Balaban J connectivity index is 2.07. The van der Waals surface area contributed by atoms with E-state index in [0.717, 1.165) is 10.8 Å². The Morgan fingerprint density at radius 1 is 1.08 bits per heavy atom. The SMILES string of the molecule is CCOc1ccc2ccccc2c1C(=O)Nc1c(C)nc(OC)nc1C. The molecule has 0 fully saturated rings. The second kappa shape index (κ2) is 7.39. The molecule has 26 heavy (non-hydrogen) atoms. The van der Waals surface area contributed by atoms with Crippen LogP contribution in [-0.2, 0) is 0 Å². The molecule has 2 aromatic carbocycles. The van der Waals surface area contributed by atoms with E-state index in [1.54, 1.807) is 13.8 Å². The molecule has 1 amide bonds. The topological polar surface area (TPSA) is 73.3 Å². The monoisotopic (exact) mass is 351 g/mol. The molecule has 0 aliphatic carbocycles. The Hall–Kier alpha value is -3.15. The van der Waals surface area contributed by atoms with E-state index in [-0.39, 0.29) is 11.9 Å². The first-order chi connectivity index (χ1) is 12.5. The van der Waals surface area contributed by atoms with E-state index in [9.17, 15) is 4.79 Å². The van der Waals surface area contributed by atoms with E-state index in [0.29, 0.717) is 35.0 Å². The number of hydrogen-bond donors (Lipinski definition) is 1. The summed E-state index contributed by atoms with van der Waals surface area (Å²) in [6, 6.07) is 11.8. The van der Waals surface area contributed by atoms with Crippen molar-refractivity contribution in [2.24, 2.45) is 0 Å². The zero-order valence-corrected chi connectivity index (χ0v) is 15.3. The van der Waals surface area contributed by atoms with Crippen molar-refractivity contribution in [3.8, 4) is 11.8 Å². The Bertz CT molecular complexity index is 947. The van der Waals surface area contributed by atoms with Crippen LogP contribution in [0.1, 0.15) is 28.7 Å². The lowest BCUT2D eigenvalue weighted by Crippen LogP contribution is -2.17. The van der Waals surface area contributed by atoms with Crippen molar-refractivity contribution in [2.45, 2.75) is 20.8 Å². The number of nitrogens with one attached hydrogen (secondary N) is 1. The van der Waals surface area contributed by atoms with Gasteiger partial charge in [-0.2, -0.15) is 9.97 Å². The molecule has 0 atom stereocenters. The van der Waals surface area contributed by atoms with Crippen LogP contribution < -0.4 is 14.8 Å². The molecule has 0 spiro atoms. The number of benzene rings is 2. The van der Waals surface area contributed by atoms with E-state index in [2.05, 4.69) is 15.3 Å². The number of rotatable bonds is 5. The van der Waals surface area contributed by atoms with E-state index < -0.39 is 0 Å². The fourth-order valence-corrected chi connectivity index (χ4v) is 2.90. The minimum Gasteiger partial charge on any atom is -0.493 e. The summed E-state index contributed by atoms with van der Waals surface area (Å²) in [5.74, 6) is 0.290. The quantitative estimate of drug-likeness (QED) is 0.754. The number of aromatic nitrogens is 2. The van der Waals surface area contributed by atoms with E-state index in [1.165, 1.54) is 7.11 Å². The van der Waals surface area contributed by atoms with Gasteiger partial charge in [-0.15, -0.1) is 0 Å². The van der Waals surface area contributed by atoms with Crippen LogP contribution in [0.5, 0.6) is 11.8 Å². The number of anilines is 1. The van der Waals surface area contributed by atoms with Crippen LogP contribution in [0.2, 0.25) is 0 Å². The van der Waals surface area contributed by atoms with Gasteiger partial charge in [-0.1, -0.05) is 30.3 Å². The molecule has 0 unspecified atom stereocenters. The second-order valence-electron chi connectivity index (χ2n) is 5.80. The third-order valence-corrected chi connectivity index (χ3v) is 4.09. The number of ether oxygens (including phenoxy) is 2. The first kappa shape index (κ1) is 17.7. The van der Waals surface area contributed by atoms with Gasteiger partial charge in [0, 0.05) is 0 Å². The Morgan fingerprint density at radius 3 is 2.42 bits per heavy atom. The molecule has 1 heterocycles. The first-order valence-corrected chi connectivity index (χ1v) is 8.40. The number of fused-ring (bicyclic) bond motifs is 1. The van der Waals surface area contributed by atoms with Crippen molar-refractivity contribution in [3.63, 3.8) is 0 Å². The standard InChI is InChI=1S/C20H21N3O3/c1-5-26-16-11-10-14-8-6-7-9-15(14)17(16)19(24)23-18-12(2)21-20(25-4)22-13(18)3/h6-11H,5H2,1-4H3,(H,23,24). The molecule has 6 nitrogen and oxygen atoms in total. The van der Waals surface area contributed by atoms with Crippen LogP contribution in [0.25, 0.3) is 10.8 Å². The van der Waals surface area contributed by atoms with Crippen LogP contribution >= 0.6 is 0 Å². The van der Waals surface area contributed by atoms with Crippen LogP contribution in [0.15, 0.2) is 36.4 Å². The van der Waals surface area contributed by atoms with Crippen molar-refractivity contribution >= 4 is 22.4 Å². The van der Waals surface area contributed by atoms with Crippen molar-refractivity contribution < 1.29 is 14.3 Å². The van der Waals surface area contributed by atoms with Crippen LogP contribution in [0, 0.1) is 13.8 Å². The lowest BCUT2D eigenvalue weighted by atomic mass is 10.0. The van der Waals surface area contributed by atoms with Crippen molar-refractivity contribution in [1.29, 1.82) is 0 Å². The van der Waals surface area contributed by atoms with Gasteiger partial charge < -0.3 is 14.8 Å². The van der Waals surface area contributed by atoms with Crippen molar-refractivity contribution in [3.05, 3.63) is 53.3 Å². The Morgan fingerprint density at radius 2 is 1.77 bits per heavy atom. The zero-order chi connectivity index (χ0) is 18.7. The van der Waals surface area contributed by atoms with Crippen LogP contribution in [0.3, 0.4) is 0 Å². The van der Waals surface area contributed by atoms with E-state index in [4.69, 9.17) is 9.47 Å². The Kier molecular flexibility index (Phi) is 5.02. The molecule has 6 heteroatoms.